The Balaban J connectivity index is 1.46. The standard InChI is InChI=1S/C21H31N5O/c1-15-6-5-13-26(14-15)19(27)10-9-17-20-18(25-24-17)11-12-22-21(20)23-16-7-3-2-4-8-16/h11-12,15-16H,2-10,13-14H2,1H3,(H,22,23)(H,24,25)/t15-/m1/s1. The van der Waals surface area contributed by atoms with E-state index in [1.54, 1.807) is 0 Å². The van der Waals surface area contributed by atoms with Gasteiger partial charge in [-0.05, 0) is 44.1 Å². The van der Waals surface area contributed by atoms with Crippen LogP contribution in [-0.4, -0.2) is 45.1 Å². The van der Waals surface area contributed by atoms with Crippen molar-refractivity contribution in [1.82, 2.24) is 20.1 Å². The third-order valence-corrected chi connectivity index (χ3v) is 6.09. The first kappa shape index (κ1) is 18.3. The zero-order valence-corrected chi connectivity index (χ0v) is 16.3. The lowest BCUT2D eigenvalue weighted by Gasteiger charge is -2.31. The summed E-state index contributed by atoms with van der Waals surface area (Å²) in [5, 5.41) is 12.3. The maximum atomic E-state index is 12.6. The number of hydrogen-bond donors (Lipinski definition) is 2. The molecule has 0 aromatic carbocycles. The number of nitrogens with zero attached hydrogens (tertiary/aromatic N) is 3. The van der Waals surface area contributed by atoms with Gasteiger partial charge in [0.1, 0.15) is 5.82 Å². The molecule has 2 aromatic heterocycles. The van der Waals surface area contributed by atoms with Crippen molar-refractivity contribution in [2.45, 2.75) is 70.8 Å². The highest BCUT2D eigenvalue weighted by Crippen LogP contribution is 2.28. The van der Waals surface area contributed by atoms with Crippen LogP contribution in [0, 0.1) is 5.92 Å². The first-order valence-electron chi connectivity index (χ1n) is 10.6. The molecular weight excluding hydrogens is 338 g/mol. The predicted octanol–water partition coefficient (Wildman–Crippen LogP) is 3.89. The molecule has 6 nitrogen and oxygen atoms in total. The number of H-pyrrole nitrogens is 1. The average Bonchev–Trinajstić information content (AvgIpc) is 3.11. The number of carbonyl (C=O) groups excluding carboxylic acids is 1. The molecule has 1 atom stereocenters. The lowest BCUT2D eigenvalue weighted by molar-refractivity contribution is -0.132. The molecule has 2 fully saturated rings. The van der Waals surface area contributed by atoms with Crippen LogP contribution in [0.4, 0.5) is 5.82 Å². The largest absolute Gasteiger partial charge is 0.367 e. The Labute approximate surface area is 161 Å². The zero-order chi connectivity index (χ0) is 18.6. The van der Waals surface area contributed by atoms with Crippen molar-refractivity contribution in [2.75, 3.05) is 18.4 Å². The highest BCUT2D eigenvalue weighted by atomic mass is 16.2. The minimum absolute atomic E-state index is 0.259. The molecule has 1 amide bonds. The van der Waals surface area contributed by atoms with E-state index in [0.29, 0.717) is 24.8 Å². The first-order valence-corrected chi connectivity index (χ1v) is 10.6. The van der Waals surface area contributed by atoms with Gasteiger partial charge in [-0.25, -0.2) is 4.98 Å². The molecule has 0 bridgehead atoms. The van der Waals surface area contributed by atoms with Gasteiger partial charge >= 0.3 is 0 Å². The molecule has 1 saturated heterocycles. The molecule has 2 aromatic rings. The van der Waals surface area contributed by atoms with Crippen LogP contribution >= 0.6 is 0 Å². The zero-order valence-electron chi connectivity index (χ0n) is 16.3. The van der Waals surface area contributed by atoms with Crippen molar-refractivity contribution in [3.8, 4) is 0 Å². The molecule has 3 heterocycles. The topological polar surface area (TPSA) is 73.9 Å². The maximum absolute atomic E-state index is 12.6. The van der Waals surface area contributed by atoms with Gasteiger partial charge < -0.3 is 10.2 Å². The minimum Gasteiger partial charge on any atom is -0.367 e. The SMILES string of the molecule is C[C@@H]1CCCN(C(=O)CCc2[nH]nc3ccnc(NC4CCCCC4)c23)C1. The van der Waals surface area contributed by atoms with Crippen LogP contribution in [0.5, 0.6) is 0 Å². The number of aromatic nitrogens is 3. The Kier molecular flexibility index (Phi) is 5.60. The van der Waals surface area contributed by atoms with Crippen LogP contribution < -0.4 is 5.32 Å². The summed E-state index contributed by atoms with van der Waals surface area (Å²) in [6.45, 7) is 4.04. The van der Waals surface area contributed by atoms with E-state index in [1.807, 2.05) is 17.2 Å². The van der Waals surface area contributed by atoms with E-state index in [0.717, 1.165) is 41.9 Å². The highest BCUT2D eigenvalue weighted by Gasteiger charge is 2.22. The summed E-state index contributed by atoms with van der Waals surface area (Å²) in [4.78, 5) is 19.3. The number of amides is 1. The van der Waals surface area contributed by atoms with Crippen LogP contribution in [0.1, 0.15) is 64.0 Å². The van der Waals surface area contributed by atoms with Gasteiger partial charge in [-0.1, -0.05) is 26.2 Å². The van der Waals surface area contributed by atoms with Crippen molar-refractivity contribution >= 4 is 22.6 Å². The van der Waals surface area contributed by atoms with Crippen molar-refractivity contribution in [3.63, 3.8) is 0 Å². The number of likely N-dealkylation sites (tertiary alicyclic amines) is 1. The molecule has 1 aliphatic heterocycles. The van der Waals surface area contributed by atoms with Gasteiger partial charge in [0, 0.05) is 37.4 Å². The van der Waals surface area contributed by atoms with Crippen molar-refractivity contribution in [2.24, 2.45) is 5.92 Å². The van der Waals surface area contributed by atoms with Crippen LogP contribution in [0.15, 0.2) is 12.3 Å². The molecule has 0 radical (unpaired) electrons. The average molecular weight is 370 g/mol. The molecule has 1 saturated carbocycles. The molecule has 4 rings (SSSR count). The number of anilines is 1. The Morgan fingerprint density at radius 3 is 2.93 bits per heavy atom. The van der Waals surface area contributed by atoms with Crippen LogP contribution in [0.2, 0.25) is 0 Å². The van der Waals surface area contributed by atoms with Gasteiger partial charge in [0.2, 0.25) is 5.91 Å². The molecule has 1 aliphatic carbocycles. The highest BCUT2D eigenvalue weighted by molar-refractivity contribution is 5.92. The van der Waals surface area contributed by atoms with Gasteiger partial charge in [-0.2, -0.15) is 5.10 Å². The smallest absolute Gasteiger partial charge is 0.222 e. The third kappa shape index (κ3) is 4.25. The fourth-order valence-electron chi connectivity index (χ4n) is 4.56. The third-order valence-electron chi connectivity index (χ3n) is 6.09. The Bertz CT molecular complexity index is 780. The maximum Gasteiger partial charge on any atom is 0.222 e. The number of pyridine rings is 1. The number of carbonyl (C=O) groups is 1. The van der Waals surface area contributed by atoms with Gasteiger partial charge in [0.15, 0.2) is 0 Å². The molecule has 146 valence electrons. The molecule has 0 unspecified atom stereocenters. The molecule has 0 spiro atoms. The summed E-state index contributed by atoms with van der Waals surface area (Å²) >= 11 is 0. The lowest BCUT2D eigenvalue weighted by atomic mass is 9.95. The van der Waals surface area contributed by atoms with E-state index in [2.05, 4.69) is 27.4 Å². The summed E-state index contributed by atoms with van der Waals surface area (Å²) in [6, 6.07) is 2.44. The van der Waals surface area contributed by atoms with Crippen LogP contribution in [-0.2, 0) is 11.2 Å². The minimum atomic E-state index is 0.259. The second-order valence-corrected chi connectivity index (χ2v) is 8.32. The fourth-order valence-corrected chi connectivity index (χ4v) is 4.56. The molecule has 2 aliphatic rings. The predicted molar refractivity (Wildman–Crippen MR) is 108 cm³/mol. The van der Waals surface area contributed by atoms with Crippen LogP contribution in [0.25, 0.3) is 10.9 Å². The van der Waals surface area contributed by atoms with E-state index in [9.17, 15) is 4.79 Å². The molecule has 27 heavy (non-hydrogen) atoms. The summed E-state index contributed by atoms with van der Waals surface area (Å²) in [5.74, 6) is 1.79. The van der Waals surface area contributed by atoms with Crippen LogP contribution in [0.3, 0.4) is 0 Å². The van der Waals surface area contributed by atoms with Gasteiger partial charge in [-0.3, -0.25) is 9.89 Å². The van der Waals surface area contributed by atoms with E-state index < -0.39 is 0 Å². The number of nitrogens with one attached hydrogen (secondary N) is 2. The van der Waals surface area contributed by atoms with E-state index in [-0.39, 0.29) is 5.91 Å². The normalized spacial score (nSPS) is 21.5. The monoisotopic (exact) mass is 369 g/mol. The number of aromatic amines is 1. The number of piperidine rings is 1. The Hall–Kier alpha value is -2.11. The van der Waals surface area contributed by atoms with Gasteiger partial charge in [-0.15, -0.1) is 0 Å². The Morgan fingerprint density at radius 1 is 1.26 bits per heavy atom. The lowest BCUT2D eigenvalue weighted by Crippen LogP contribution is -2.39. The van der Waals surface area contributed by atoms with E-state index in [4.69, 9.17) is 0 Å². The summed E-state index contributed by atoms with van der Waals surface area (Å²) < 4.78 is 0. The van der Waals surface area contributed by atoms with E-state index >= 15 is 0 Å². The van der Waals surface area contributed by atoms with Crippen molar-refractivity contribution < 1.29 is 4.79 Å². The molecule has 2 N–H and O–H groups in total. The van der Waals surface area contributed by atoms with Gasteiger partial charge in [0.05, 0.1) is 10.9 Å². The number of rotatable bonds is 5. The molecule has 6 heteroatoms. The number of hydrogen-bond acceptors (Lipinski definition) is 4. The fraction of sp³-hybridized carbons (Fsp3) is 0.667. The number of fused-ring (bicyclic) bond motifs is 1. The van der Waals surface area contributed by atoms with E-state index in [1.165, 1.54) is 38.5 Å². The van der Waals surface area contributed by atoms with Crippen molar-refractivity contribution in [1.29, 1.82) is 0 Å². The second-order valence-electron chi connectivity index (χ2n) is 8.32. The van der Waals surface area contributed by atoms with Crippen molar-refractivity contribution in [3.05, 3.63) is 18.0 Å². The quantitative estimate of drug-likeness (QED) is 0.838. The van der Waals surface area contributed by atoms with Gasteiger partial charge in [0.25, 0.3) is 0 Å². The summed E-state index contributed by atoms with van der Waals surface area (Å²) in [7, 11) is 0. The summed E-state index contributed by atoms with van der Waals surface area (Å²) in [5.41, 5.74) is 1.95. The summed E-state index contributed by atoms with van der Waals surface area (Å²) in [6.07, 6.45) is 11.7. The number of aryl methyl sites for hydroxylation is 1. The molecular formula is C21H31N5O. The second kappa shape index (κ2) is 8.28. The first-order chi connectivity index (χ1) is 13.2. The Morgan fingerprint density at radius 2 is 2.11 bits per heavy atom.